The molecule has 0 bridgehead atoms. The van der Waals surface area contributed by atoms with Crippen LogP contribution in [0, 0.1) is 0 Å². The van der Waals surface area contributed by atoms with Gasteiger partial charge in [0.05, 0.1) is 11.6 Å². The van der Waals surface area contributed by atoms with Crippen molar-refractivity contribution >= 4 is 40.8 Å². The molecule has 3 aliphatic rings. The van der Waals surface area contributed by atoms with Crippen LogP contribution in [0.5, 0.6) is 5.75 Å². The van der Waals surface area contributed by atoms with Crippen LogP contribution in [0.2, 0.25) is 10.0 Å². The zero-order valence-electron chi connectivity index (χ0n) is 26.0. The number of aliphatic hydroxyl groups excluding tert-OH is 3. The van der Waals surface area contributed by atoms with Crippen molar-refractivity contribution in [1.82, 2.24) is 9.47 Å². The van der Waals surface area contributed by atoms with Crippen molar-refractivity contribution in [2.24, 2.45) is 0 Å². The summed E-state index contributed by atoms with van der Waals surface area (Å²) in [5.74, 6) is -2.13. The third kappa shape index (κ3) is 7.12. The molecule has 1 amide bonds. The number of aromatic nitrogens is 2. The monoisotopic (exact) mass is 707 g/mol. The van der Waals surface area contributed by atoms with Crippen LogP contribution in [0.1, 0.15) is 18.7 Å². The highest BCUT2D eigenvalue weighted by Crippen LogP contribution is 2.40. The van der Waals surface area contributed by atoms with Gasteiger partial charge in [0.25, 0.3) is 0 Å². The molecule has 16 heteroatoms. The molecule has 14 nitrogen and oxygen atoms in total. The van der Waals surface area contributed by atoms with Crippen molar-refractivity contribution < 1.29 is 53.5 Å². The second kappa shape index (κ2) is 14.2. The lowest BCUT2D eigenvalue weighted by atomic mass is 9.98. The average molecular weight is 709 g/mol. The minimum absolute atomic E-state index is 0.0692. The molecule has 0 saturated carbocycles. The van der Waals surface area contributed by atoms with Gasteiger partial charge in [-0.2, -0.15) is 0 Å². The van der Waals surface area contributed by atoms with Gasteiger partial charge in [0.15, 0.2) is 6.10 Å². The second-order valence-corrected chi connectivity index (χ2v) is 12.9. The number of amides is 1. The molecule has 3 aromatic rings. The van der Waals surface area contributed by atoms with E-state index in [-0.39, 0.29) is 25.7 Å². The first-order valence-electron chi connectivity index (χ1n) is 15.4. The van der Waals surface area contributed by atoms with Gasteiger partial charge >= 0.3 is 5.97 Å². The van der Waals surface area contributed by atoms with Crippen molar-refractivity contribution in [3.63, 3.8) is 0 Å². The summed E-state index contributed by atoms with van der Waals surface area (Å²) < 4.78 is 27.4. The molecular weight excluding hydrogens is 671 g/mol. The van der Waals surface area contributed by atoms with Gasteiger partial charge in [-0.3, -0.25) is 4.79 Å². The number of carbonyl (C=O) groups excluding carboxylic acids is 1. The summed E-state index contributed by atoms with van der Waals surface area (Å²) in [5, 5.41) is 41.1. The van der Waals surface area contributed by atoms with Crippen molar-refractivity contribution in [3.05, 3.63) is 76.8 Å². The molecule has 0 radical (unpaired) electrons. The second-order valence-electron chi connectivity index (χ2n) is 12.0. The maximum Gasteiger partial charge on any atom is 0.335 e. The lowest BCUT2D eigenvalue weighted by Crippen LogP contribution is -2.57. The van der Waals surface area contributed by atoms with Crippen LogP contribution in [0.3, 0.4) is 0 Å². The first-order chi connectivity index (χ1) is 22.9. The molecule has 4 N–H and O–H groups in total. The molecule has 3 aliphatic heterocycles. The molecule has 2 unspecified atom stereocenters. The third-order valence-electron chi connectivity index (χ3n) is 8.79. The predicted octanol–water partition coefficient (Wildman–Crippen LogP) is 1.16. The number of carboxylic acids is 1. The summed E-state index contributed by atoms with van der Waals surface area (Å²) in [6.45, 7) is 4.89. The molecule has 0 aliphatic carbocycles. The van der Waals surface area contributed by atoms with E-state index in [1.807, 2.05) is 29.2 Å². The number of carbonyl (C=O) groups is 2. The van der Waals surface area contributed by atoms with Gasteiger partial charge in [0.2, 0.25) is 24.2 Å². The highest BCUT2D eigenvalue weighted by atomic mass is 35.5. The maximum absolute atomic E-state index is 11.6. The van der Waals surface area contributed by atoms with Gasteiger partial charge in [-0.05, 0) is 36.4 Å². The molecule has 3 saturated heterocycles. The summed E-state index contributed by atoms with van der Waals surface area (Å²) >= 11 is 12.8. The van der Waals surface area contributed by atoms with Crippen LogP contribution in [-0.4, -0.2) is 112 Å². The number of piperazine rings is 1. The molecule has 1 aromatic heterocycles. The van der Waals surface area contributed by atoms with E-state index in [0.717, 1.165) is 18.8 Å². The van der Waals surface area contributed by atoms with E-state index in [4.69, 9.17) is 42.1 Å². The van der Waals surface area contributed by atoms with Crippen molar-refractivity contribution in [3.8, 4) is 5.75 Å². The molecule has 6 rings (SSSR count). The summed E-state index contributed by atoms with van der Waals surface area (Å²) in [4.78, 5) is 27.3. The number of hydrogen-bond acceptors (Lipinski definition) is 10. The molecule has 4 heterocycles. The Morgan fingerprint density at radius 3 is 2.42 bits per heavy atom. The Morgan fingerprint density at radius 2 is 1.75 bits per heavy atom. The maximum atomic E-state index is 11.6. The summed E-state index contributed by atoms with van der Waals surface area (Å²) in [7, 11) is 0. The Bertz CT molecular complexity index is 1620. The van der Waals surface area contributed by atoms with Crippen LogP contribution < -0.4 is 14.2 Å². The van der Waals surface area contributed by atoms with E-state index in [1.165, 1.54) is 17.1 Å². The van der Waals surface area contributed by atoms with Crippen LogP contribution in [0.25, 0.3) is 0 Å². The van der Waals surface area contributed by atoms with E-state index >= 15 is 0 Å². The number of hydrogen-bond donors (Lipinski definition) is 4. The number of imidazole rings is 1. The van der Waals surface area contributed by atoms with Crippen LogP contribution in [-0.2, 0) is 36.1 Å². The molecule has 3 fully saturated rings. The zero-order valence-corrected chi connectivity index (χ0v) is 27.5. The predicted molar refractivity (Wildman–Crippen MR) is 170 cm³/mol. The lowest BCUT2D eigenvalue weighted by molar-refractivity contribution is -0.720. The quantitative estimate of drug-likeness (QED) is 0.236. The Labute approximate surface area is 286 Å². The van der Waals surface area contributed by atoms with Crippen molar-refractivity contribution in [2.45, 2.75) is 56.0 Å². The molecule has 2 aromatic carbocycles. The first kappa shape index (κ1) is 34.4. The lowest BCUT2D eigenvalue weighted by Gasteiger charge is -2.36. The van der Waals surface area contributed by atoms with Gasteiger partial charge in [0, 0.05) is 49.4 Å². The standard InChI is InChI=1S/C32H36Cl2N4O10/c1-19(39)36-10-12-37(13-11-36)21-3-5-22(6-4-21)45-15-23-16-46-32(48-23,24-7-2-20(33)14-25(24)34)17-35-8-9-38(18-35)30-28(42)26(40)27(41)29(47-30)31(43)44/h2-9,14,18,23,26-30,40-42H,10-13,15-17H2,1H3/p+1/t23-,26?,27-,28+,29-,30?,32-/m0/s1. The van der Waals surface area contributed by atoms with E-state index in [2.05, 4.69) is 4.90 Å². The van der Waals surface area contributed by atoms with Crippen molar-refractivity contribution in [1.29, 1.82) is 0 Å². The average Bonchev–Trinajstić information content (AvgIpc) is 3.70. The molecule has 48 heavy (non-hydrogen) atoms. The third-order valence-corrected chi connectivity index (χ3v) is 9.34. The highest BCUT2D eigenvalue weighted by molar-refractivity contribution is 6.35. The normalized spacial score (nSPS) is 29.2. The fraction of sp³-hybridized carbons (Fsp3) is 0.469. The topological polar surface area (TPSA) is 167 Å². The minimum atomic E-state index is -1.81. The molecular formula is C32H37Cl2N4O10+. The van der Waals surface area contributed by atoms with E-state index in [9.17, 15) is 30.0 Å². The summed E-state index contributed by atoms with van der Waals surface area (Å²) in [5.41, 5.74) is 1.56. The Morgan fingerprint density at radius 1 is 1.02 bits per heavy atom. The van der Waals surface area contributed by atoms with E-state index in [1.54, 1.807) is 35.9 Å². The number of carboxylic acid groups (broad SMARTS) is 1. The van der Waals surface area contributed by atoms with Gasteiger partial charge < -0.3 is 49.2 Å². The van der Waals surface area contributed by atoms with Crippen molar-refractivity contribution in [2.75, 3.05) is 44.3 Å². The Balaban J connectivity index is 1.14. The van der Waals surface area contributed by atoms with Gasteiger partial charge in [-0.1, -0.05) is 29.3 Å². The molecule has 258 valence electrons. The Kier molecular flexibility index (Phi) is 10.2. The smallest absolute Gasteiger partial charge is 0.335 e. The van der Waals surface area contributed by atoms with E-state index < -0.39 is 48.5 Å². The zero-order chi connectivity index (χ0) is 34.2. The van der Waals surface area contributed by atoms with Crippen LogP contribution >= 0.6 is 23.2 Å². The fourth-order valence-corrected chi connectivity index (χ4v) is 6.74. The number of nitrogens with zero attached hydrogens (tertiary/aromatic N) is 4. The molecule has 0 spiro atoms. The SMILES string of the molecule is CC(=O)N1CCN(c2ccc(OC[C@H]3CO[C@](C[n+]4ccn(C5O[C@H](C(=O)O)[C@@H](O)C(O)[C@H]5O)c4)(c4ccc(Cl)cc4Cl)O3)cc2)CC1. The van der Waals surface area contributed by atoms with Gasteiger partial charge in [-0.25, -0.2) is 13.9 Å². The number of aliphatic carboxylic acids is 1. The number of benzene rings is 2. The summed E-state index contributed by atoms with van der Waals surface area (Å²) in [6, 6.07) is 12.7. The van der Waals surface area contributed by atoms with Gasteiger partial charge in [0.1, 0.15) is 55.7 Å². The molecule has 7 atom stereocenters. The number of ether oxygens (including phenoxy) is 4. The summed E-state index contributed by atoms with van der Waals surface area (Å²) in [6.07, 6.45) is -4.02. The largest absolute Gasteiger partial charge is 0.491 e. The highest BCUT2D eigenvalue weighted by Gasteiger charge is 2.50. The minimum Gasteiger partial charge on any atom is -0.491 e. The van der Waals surface area contributed by atoms with Crippen LogP contribution in [0.4, 0.5) is 5.69 Å². The number of rotatable bonds is 9. The fourth-order valence-electron chi connectivity index (χ4n) is 6.18. The first-order valence-corrected chi connectivity index (χ1v) is 16.2. The van der Waals surface area contributed by atoms with Crippen LogP contribution in [0.15, 0.2) is 61.2 Å². The number of halogens is 2. The van der Waals surface area contributed by atoms with E-state index in [0.29, 0.717) is 34.4 Å². The Hall–Kier alpha value is -3.47. The number of anilines is 1. The number of aliphatic hydroxyl groups is 3. The van der Waals surface area contributed by atoms with Gasteiger partial charge in [-0.15, -0.1) is 0 Å².